The van der Waals surface area contributed by atoms with Gasteiger partial charge in [-0.15, -0.1) is 9.67 Å². The summed E-state index contributed by atoms with van der Waals surface area (Å²) >= 11 is 6.11. The van der Waals surface area contributed by atoms with E-state index in [0.29, 0.717) is 16.8 Å². The highest BCUT2D eigenvalue weighted by Crippen LogP contribution is 2.16. The van der Waals surface area contributed by atoms with Crippen LogP contribution in [0.15, 0.2) is 60.7 Å². The Bertz CT molecular complexity index is 1130. The van der Waals surface area contributed by atoms with E-state index < -0.39 is 0 Å². The van der Waals surface area contributed by atoms with Crippen LogP contribution in [0.4, 0.5) is 5.82 Å². The lowest BCUT2D eigenvalue weighted by molar-refractivity contribution is -0.648. The summed E-state index contributed by atoms with van der Waals surface area (Å²) in [5.41, 5.74) is 3.44. The lowest BCUT2D eigenvalue weighted by Crippen LogP contribution is -2.38. The third-order valence-electron chi connectivity index (χ3n) is 4.04. The number of anilines is 1. The summed E-state index contributed by atoms with van der Waals surface area (Å²) in [4.78, 5) is 20.2. The fourth-order valence-electron chi connectivity index (χ4n) is 2.79. The number of aryl methyl sites for hydroxylation is 1. The molecule has 0 aliphatic carbocycles. The SMILES string of the molecule is Cc1cc(NC(=O)C=Cc2ccccc2Cl)[n+](-c2nc3ccccc3[nH]2)[nH]1. The summed E-state index contributed by atoms with van der Waals surface area (Å²) in [5.74, 6) is 0.911. The van der Waals surface area contributed by atoms with Crippen LogP contribution in [0.3, 0.4) is 0 Å². The number of carbonyl (C=O) groups is 1. The number of rotatable bonds is 4. The molecular formula is C20H17ClN5O+. The van der Waals surface area contributed by atoms with E-state index in [1.54, 1.807) is 16.8 Å². The Morgan fingerprint density at radius 2 is 1.96 bits per heavy atom. The monoisotopic (exact) mass is 378 g/mol. The van der Waals surface area contributed by atoms with E-state index in [4.69, 9.17) is 11.6 Å². The van der Waals surface area contributed by atoms with Gasteiger partial charge in [0.15, 0.2) is 5.52 Å². The van der Waals surface area contributed by atoms with Crippen LogP contribution >= 0.6 is 11.6 Å². The number of halogens is 1. The number of imidazole rings is 1. The fraction of sp³-hybridized carbons (Fsp3) is 0.0500. The van der Waals surface area contributed by atoms with Crippen molar-refractivity contribution in [2.45, 2.75) is 6.92 Å². The fourth-order valence-corrected chi connectivity index (χ4v) is 2.99. The van der Waals surface area contributed by atoms with Crippen molar-refractivity contribution in [1.29, 1.82) is 0 Å². The summed E-state index contributed by atoms with van der Waals surface area (Å²) in [6, 6.07) is 16.9. The van der Waals surface area contributed by atoms with E-state index in [0.717, 1.165) is 22.3 Å². The second kappa shape index (κ2) is 7.09. The number of hydrogen-bond acceptors (Lipinski definition) is 2. The average molecular weight is 379 g/mol. The Labute approximate surface area is 160 Å². The van der Waals surface area contributed by atoms with Crippen LogP contribution in [0.25, 0.3) is 23.1 Å². The molecular weight excluding hydrogens is 362 g/mol. The highest BCUT2D eigenvalue weighted by atomic mass is 35.5. The first-order chi connectivity index (χ1) is 13.1. The largest absolute Gasteiger partial charge is 0.374 e. The molecule has 0 atom stereocenters. The molecule has 0 aliphatic rings. The lowest BCUT2D eigenvalue weighted by Gasteiger charge is -1.99. The number of benzene rings is 2. The molecule has 0 radical (unpaired) electrons. The molecule has 3 N–H and O–H groups in total. The van der Waals surface area contributed by atoms with E-state index in [1.165, 1.54) is 6.08 Å². The van der Waals surface area contributed by atoms with Gasteiger partial charge in [-0.05, 0) is 36.8 Å². The number of fused-ring (bicyclic) bond motifs is 1. The zero-order chi connectivity index (χ0) is 18.8. The summed E-state index contributed by atoms with van der Waals surface area (Å²) in [7, 11) is 0. The first-order valence-corrected chi connectivity index (χ1v) is 8.78. The maximum Gasteiger partial charge on any atom is 0.374 e. The lowest BCUT2D eigenvalue weighted by atomic mass is 10.2. The minimum atomic E-state index is -0.265. The molecule has 0 aliphatic heterocycles. The quantitative estimate of drug-likeness (QED) is 0.373. The Kier molecular flexibility index (Phi) is 4.48. The highest BCUT2D eigenvalue weighted by Gasteiger charge is 2.19. The molecule has 7 heteroatoms. The van der Waals surface area contributed by atoms with E-state index in [-0.39, 0.29) is 5.91 Å². The molecule has 0 unspecified atom stereocenters. The predicted octanol–water partition coefficient (Wildman–Crippen LogP) is 3.78. The highest BCUT2D eigenvalue weighted by molar-refractivity contribution is 6.32. The maximum absolute atomic E-state index is 12.4. The van der Waals surface area contributed by atoms with E-state index in [1.807, 2.05) is 55.5 Å². The average Bonchev–Trinajstić information content (AvgIpc) is 3.24. The van der Waals surface area contributed by atoms with Crippen molar-refractivity contribution in [2.24, 2.45) is 0 Å². The smallest absolute Gasteiger partial charge is 0.258 e. The van der Waals surface area contributed by atoms with Crippen molar-refractivity contribution >= 4 is 40.4 Å². The molecule has 2 aromatic carbocycles. The number of aromatic amines is 2. The molecule has 0 fully saturated rings. The van der Waals surface area contributed by atoms with Gasteiger partial charge in [-0.3, -0.25) is 20.2 Å². The number of amides is 1. The van der Waals surface area contributed by atoms with Crippen molar-refractivity contribution in [1.82, 2.24) is 15.1 Å². The molecule has 4 aromatic rings. The first-order valence-electron chi connectivity index (χ1n) is 8.40. The summed E-state index contributed by atoms with van der Waals surface area (Å²) < 4.78 is 1.70. The number of hydrogen-bond donors (Lipinski definition) is 3. The van der Waals surface area contributed by atoms with Crippen molar-refractivity contribution in [3.63, 3.8) is 0 Å². The van der Waals surface area contributed by atoms with Crippen LogP contribution in [0.5, 0.6) is 0 Å². The molecule has 0 bridgehead atoms. The predicted molar refractivity (Wildman–Crippen MR) is 106 cm³/mol. The molecule has 27 heavy (non-hydrogen) atoms. The van der Waals surface area contributed by atoms with Gasteiger partial charge in [0, 0.05) is 22.9 Å². The van der Waals surface area contributed by atoms with Crippen molar-refractivity contribution in [3.8, 4) is 5.95 Å². The van der Waals surface area contributed by atoms with E-state index >= 15 is 0 Å². The van der Waals surface area contributed by atoms with Gasteiger partial charge >= 0.3 is 5.95 Å². The summed E-state index contributed by atoms with van der Waals surface area (Å²) in [5, 5.41) is 6.63. The Morgan fingerprint density at radius 3 is 2.78 bits per heavy atom. The zero-order valence-corrected chi connectivity index (χ0v) is 15.3. The molecule has 2 aromatic heterocycles. The zero-order valence-electron chi connectivity index (χ0n) is 14.5. The van der Waals surface area contributed by atoms with E-state index in [9.17, 15) is 4.79 Å². The van der Waals surface area contributed by atoms with Crippen molar-refractivity contribution < 1.29 is 9.48 Å². The second-order valence-electron chi connectivity index (χ2n) is 6.08. The van der Waals surface area contributed by atoms with Crippen LogP contribution in [-0.4, -0.2) is 21.0 Å². The number of H-pyrrole nitrogens is 2. The molecule has 0 saturated carbocycles. The molecule has 0 spiro atoms. The van der Waals surface area contributed by atoms with Gasteiger partial charge in [0.1, 0.15) is 5.52 Å². The maximum atomic E-state index is 12.4. The van der Waals surface area contributed by atoms with Crippen LogP contribution in [0.1, 0.15) is 11.3 Å². The van der Waals surface area contributed by atoms with E-state index in [2.05, 4.69) is 20.4 Å². The van der Waals surface area contributed by atoms with Gasteiger partial charge in [0.2, 0.25) is 5.82 Å². The molecule has 0 saturated heterocycles. The minimum Gasteiger partial charge on any atom is -0.258 e. The topological polar surface area (TPSA) is 77.5 Å². The number of nitrogens with one attached hydrogen (secondary N) is 3. The van der Waals surface area contributed by atoms with Crippen molar-refractivity contribution in [3.05, 3.63) is 77.0 Å². The molecule has 4 rings (SSSR count). The summed E-state index contributed by atoms with van der Waals surface area (Å²) in [6.07, 6.45) is 3.13. The Balaban J connectivity index is 1.59. The second-order valence-corrected chi connectivity index (χ2v) is 6.49. The van der Waals surface area contributed by atoms with Gasteiger partial charge in [0.05, 0.1) is 0 Å². The minimum absolute atomic E-state index is 0.265. The standard InChI is InChI=1S/C20H16ClN5O/c1-13-12-18(24-19(27)11-10-14-6-2-3-7-15(14)21)26(25-13)20-22-16-8-4-5-9-17(16)23-20/h2-12H,1H3,(H2,22,23,24,25,27)/p+1. The van der Waals surface area contributed by atoms with Crippen molar-refractivity contribution in [2.75, 3.05) is 5.32 Å². The van der Waals surface area contributed by atoms with Crippen LogP contribution in [0, 0.1) is 6.92 Å². The Hall–Kier alpha value is -3.38. The van der Waals surface area contributed by atoms with Gasteiger partial charge in [-0.2, -0.15) is 0 Å². The number of carbonyl (C=O) groups excluding carboxylic acids is 1. The Morgan fingerprint density at radius 1 is 1.19 bits per heavy atom. The molecule has 2 heterocycles. The normalized spacial score (nSPS) is 11.3. The third kappa shape index (κ3) is 3.61. The van der Waals surface area contributed by atoms with Gasteiger partial charge in [-0.1, -0.05) is 41.9 Å². The van der Waals surface area contributed by atoms with Gasteiger partial charge in [0.25, 0.3) is 5.91 Å². The first kappa shape index (κ1) is 17.1. The van der Waals surface area contributed by atoms with Crippen LogP contribution in [-0.2, 0) is 4.79 Å². The number of nitrogens with zero attached hydrogens (tertiary/aromatic N) is 2. The third-order valence-corrected chi connectivity index (χ3v) is 4.39. The van der Waals surface area contributed by atoms with Gasteiger partial charge < -0.3 is 0 Å². The molecule has 1 amide bonds. The summed E-state index contributed by atoms with van der Waals surface area (Å²) in [6.45, 7) is 1.91. The number of aromatic nitrogens is 4. The number of para-hydroxylation sites is 2. The van der Waals surface area contributed by atoms with Gasteiger partial charge in [-0.25, -0.2) is 0 Å². The van der Waals surface area contributed by atoms with Crippen LogP contribution in [0.2, 0.25) is 5.02 Å². The molecule has 134 valence electrons. The molecule has 6 nitrogen and oxygen atoms in total. The van der Waals surface area contributed by atoms with Crippen LogP contribution < -0.4 is 10.00 Å².